The number of hydrogen-bond donors (Lipinski definition) is 2. The van der Waals surface area contributed by atoms with Crippen LogP contribution in [0.2, 0.25) is 0 Å². The van der Waals surface area contributed by atoms with Crippen LogP contribution in [-0.2, 0) is 13.0 Å². The number of amides is 1. The smallest absolute Gasteiger partial charge is 0.322 e. The maximum atomic E-state index is 12.4. The van der Waals surface area contributed by atoms with Crippen molar-refractivity contribution in [3.05, 3.63) is 39.0 Å². The molecule has 0 spiro atoms. The van der Waals surface area contributed by atoms with Gasteiger partial charge in [0.2, 0.25) is 5.69 Å². The van der Waals surface area contributed by atoms with Gasteiger partial charge in [-0.3, -0.25) is 24.7 Å². The number of rotatable bonds is 7. The Labute approximate surface area is 139 Å². The number of nitro groups is 1. The summed E-state index contributed by atoms with van der Waals surface area (Å²) in [4.78, 5) is 23.0. The summed E-state index contributed by atoms with van der Waals surface area (Å²) in [6, 6.07) is 1.70. The summed E-state index contributed by atoms with van der Waals surface area (Å²) in [6.07, 6.45) is 1.19. The van der Waals surface area contributed by atoms with Crippen LogP contribution < -0.4 is 5.32 Å². The summed E-state index contributed by atoms with van der Waals surface area (Å²) < 4.78 is 1.79. The maximum Gasteiger partial charge on any atom is 0.322 e. The van der Waals surface area contributed by atoms with Crippen LogP contribution in [0.5, 0.6) is 0 Å². The van der Waals surface area contributed by atoms with Crippen LogP contribution in [-0.4, -0.2) is 36.9 Å². The Bertz CT molecular complexity index is 748. The molecule has 1 amide bonds. The highest BCUT2D eigenvalue weighted by Gasteiger charge is 2.29. The number of aryl methyl sites for hydroxylation is 3. The molecule has 9 nitrogen and oxygen atoms in total. The molecule has 0 unspecified atom stereocenters. The van der Waals surface area contributed by atoms with Crippen LogP contribution >= 0.6 is 0 Å². The van der Waals surface area contributed by atoms with Crippen molar-refractivity contribution in [1.82, 2.24) is 25.3 Å². The fourth-order valence-corrected chi connectivity index (χ4v) is 2.61. The van der Waals surface area contributed by atoms with E-state index in [0.29, 0.717) is 18.7 Å². The number of nitrogens with one attached hydrogen (secondary N) is 2. The van der Waals surface area contributed by atoms with Crippen LogP contribution in [0.4, 0.5) is 5.69 Å². The summed E-state index contributed by atoms with van der Waals surface area (Å²) in [7, 11) is 0. The average molecular weight is 334 g/mol. The van der Waals surface area contributed by atoms with E-state index in [0.717, 1.165) is 17.8 Å². The van der Waals surface area contributed by atoms with E-state index >= 15 is 0 Å². The number of H-pyrrole nitrogens is 1. The molecule has 2 aromatic heterocycles. The Balaban J connectivity index is 2.12. The number of hydrogen-bond acceptors (Lipinski definition) is 5. The van der Waals surface area contributed by atoms with Gasteiger partial charge in [0.1, 0.15) is 5.69 Å². The quantitative estimate of drug-likeness (QED) is 0.592. The van der Waals surface area contributed by atoms with E-state index in [1.54, 1.807) is 4.68 Å². The lowest BCUT2D eigenvalue weighted by Gasteiger charge is -2.14. The third-order valence-corrected chi connectivity index (χ3v) is 3.64. The molecule has 0 bridgehead atoms. The zero-order valence-corrected chi connectivity index (χ0v) is 14.3. The maximum absolute atomic E-state index is 12.4. The van der Waals surface area contributed by atoms with E-state index in [2.05, 4.69) is 20.6 Å². The number of aromatic amines is 1. The lowest BCUT2D eigenvalue weighted by molar-refractivity contribution is -0.385. The summed E-state index contributed by atoms with van der Waals surface area (Å²) in [5.74, 6) is -0.561. The first-order valence-electron chi connectivity index (χ1n) is 7.87. The van der Waals surface area contributed by atoms with Gasteiger partial charge in [-0.15, -0.1) is 0 Å². The van der Waals surface area contributed by atoms with Gasteiger partial charge < -0.3 is 5.32 Å². The Morgan fingerprint density at radius 3 is 2.75 bits per heavy atom. The predicted molar refractivity (Wildman–Crippen MR) is 87.9 cm³/mol. The van der Waals surface area contributed by atoms with Gasteiger partial charge in [0.15, 0.2) is 0 Å². The molecule has 0 saturated heterocycles. The van der Waals surface area contributed by atoms with E-state index in [1.807, 2.05) is 33.8 Å². The number of carbonyl (C=O) groups excluding carboxylic acids is 1. The second-order valence-corrected chi connectivity index (χ2v) is 5.89. The molecule has 0 aliphatic heterocycles. The van der Waals surface area contributed by atoms with Gasteiger partial charge in [-0.1, -0.05) is 13.3 Å². The highest BCUT2D eigenvalue weighted by atomic mass is 16.6. The van der Waals surface area contributed by atoms with Crippen molar-refractivity contribution in [1.29, 1.82) is 0 Å². The zero-order valence-electron chi connectivity index (χ0n) is 14.3. The molecular weight excluding hydrogens is 312 g/mol. The molecule has 2 N–H and O–H groups in total. The third kappa shape index (κ3) is 3.79. The van der Waals surface area contributed by atoms with Gasteiger partial charge in [0.25, 0.3) is 5.91 Å². The predicted octanol–water partition coefficient (Wildman–Crippen LogP) is 1.90. The van der Waals surface area contributed by atoms with Crippen molar-refractivity contribution in [2.75, 3.05) is 0 Å². The van der Waals surface area contributed by atoms with Crippen LogP contribution in [0.25, 0.3) is 0 Å². The lowest BCUT2D eigenvalue weighted by Crippen LogP contribution is -2.36. The van der Waals surface area contributed by atoms with E-state index in [4.69, 9.17) is 0 Å². The Morgan fingerprint density at radius 1 is 1.50 bits per heavy atom. The highest BCUT2D eigenvalue weighted by molar-refractivity contribution is 5.96. The van der Waals surface area contributed by atoms with Gasteiger partial charge in [-0.25, -0.2) is 0 Å². The molecule has 24 heavy (non-hydrogen) atoms. The second kappa shape index (κ2) is 7.24. The molecule has 9 heteroatoms. The molecule has 2 heterocycles. The molecule has 1 atom stereocenters. The second-order valence-electron chi connectivity index (χ2n) is 5.89. The van der Waals surface area contributed by atoms with E-state index in [9.17, 15) is 14.9 Å². The van der Waals surface area contributed by atoms with E-state index in [-0.39, 0.29) is 17.4 Å². The summed E-state index contributed by atoms with van der Waals surface area (Å²) in [5.41, 5.74) is 1.85. The number of carbonyl (C=O) groups is 1. The van der Waals surface area contributed by atoms with Crippen LogP contribution in [0.1, 0.15) is 47.8 Å². The SMILES string of the molecule is CCCc1[nH]nc(C(=O)N[C@@H](C)Cn2nc(C)cc2C)c1[N+](=O)[O-]. The van der Waals surface area contributed by atoms with Gasteiger partial charge in [-0.2, -0.15) is 10.2 Å². The minimum atomic E-state index is -0.561. The van der Waals surface area contributed by atoms with Crippen molar-refractivity contribution in [2.45, 2.75) is 53.1 Å². The summed E-state index contributed by atoms with van der Waals surface area (Å²) >= 11 is 0. The minimum Gasteiger partial charge on any atom is -0.346 e. The van der Waals surface area contributed by atoms with E-state index < -0.39 is 10.8 Å². The topological polar surface area (TPSA) is 119 Å². The fourth-order valence-electron chi connectivity index (χ4n) is 2.61. The standard InChI is InChI=1S/C15H22N6O3/c1-5-6-12-14(21(23)24)13(18-17-12)15(22)16-10(3)8-20-11(4)7-9(2)19-20/h7,10H,5-6,8H2,1-4H3,(H,16,22)(H,17,18)/t10-/m0/s1. The normalized spacial score (nSPS) is 12.2. The molecule has 0 aromatic carbocycles. The van der Waals surface area contributed by atoms with Crippen LogP contribution in [0.3, 0.4) is 0 Å². The van der Waals surface area contributed by atoms with Gasteiger partial charge >= 0.3 is 5.69 Å². The fraction of sp³-hybridized carbons (Fsp3) is 0.533. The molecular formula is C15H22N6O3. The monoisotopic (exact) mass is 334 g/mol. The van der Waals surface area contributed by atoms with Crippen molar-refractivity contribution >= 4 is 11.6 Å². The first-order valence-corrected chi connectivity index (χ1v) is 7.87. The molecule has 0 aliphatic carbocycles. The Hall–Kier alpha value is -2.71. The average Bonchev–Trinajstić information content (AvgIpc) is 3.03. The number of aromatic nitrogens is 4. The van der Waals surface area contributed by atoms with Crippen molar-refractivity contribution in [3.8, 4) is 0 Å². The number of nitrogens with zero attached hydrogens (tertiary/aromatic N) is 4. The zero-order chi connectivity index (χ0) is 17.9. The Morgan fingerprint density at radius 2 is 2.21 bits per heavy atom. The summed E-state index contributed by atoms with van der Waals surface area (Å²) in [6.45, 7) is 8.03. The minimum absolute atomic E-state index is 0.177. The van der Waals surface area contributed by atoms with Gasteiger partial charge in [0.05, 0.1) is 17.2 Å². The van der Waals surface area contributed by atoms with E-state index in [1.165, 1.54) is 0 Å². The van der Waals surface area contributed by atoms with Gasteiger partial charge in [-0.05, 0) is 33.3 Å². The molecule has 2 aromatic rings. The first kappa shape index (κ1) is 17.6. The first-order chi connectivity index (χ1) is 11.3. The molecule has 2 rings (SSSR count). The third-order valence-electron chi connectivity index (χ3n) is 3.64. The summed E-state index contributed by atoms with van der Waals surface area (Å²) in [5, 5.41) is 24.8. The molecule has 130 valence electrons. The Kier molecular flexibility index (Phi) is 5.32. The van der Waals surface area contributed by atoms with Crippen LogP contribution in [0, 0.1) is 24.0 Å². The van der Waals surface area contributed by atoms with Crippen molar-refractivity contribution in [3.63, 3.8) is 0 Å². The molecule has 0 aliphatic rings. The lowest BCUT2D eigenvalue weighted by atomic mass is 10.2. The van der Waals surface area contributed by atoms with Crippen LogP contribution in [0.15, 0.2) is 6.07 Å². The van der Waals surface area contributed by atoms with Crippen molar-refractivity contribution in [2.24, 2.45) is 0 Å². The molecule has 0 fully saturated rings. The molecule has 0 radical (unpaired) electrons. The largest absolute Gasteiger partial charge is 0.346 e. The molecule has 0 saturated carbocycles. The highest BCUT2D eigenvalue weighted by Crippen LogP contribution is 2.22. The van der Waals surface area contributed by atoms with Crippen molar-refractivity contribution < 1.29 is 9.72 Å². The van der Waals surface area contributed by atoms with Gasteiger partial charge in [0, 0.05) is 11.7 Å².